The molecule has 0 saturated carbocycles. The average molecular weight is 349 g/mol. The van der Waals surface area contributed by atoms with Gasteiger partial charge in [-0.05, 0) is 37.3 Å². The topological polar surface area (TPSA) is 37.6 Å². The number of halogens is 1. The Kier molecular flexibility index (Phi) is 4.81. The summed E-state index contributed by atoms with van der Waals surface area (Å²) in [6, 6.07) is 6.17. The van der Waals surface area contributed by atoms with E-state index < -0.39 is 0 Å². The summed E-state index contributed by atoms with van der Waals surface area (Å²) in [5, 5.41) is 12.7. The molecular formula is C19H25ClN2O2. The number of para-hydroxylation sites is 1. The lowest BCUT2D eigenvalue weighted by Gasteiger charge is -2.29. The van der Waals surface area contributed by atoms with Gasteiger partial charge in [0.2, 0.25) is 0 Å². The molecule has 1 aromatic heterocycles. The first-order chi connectivity index (χ1) is 11.7. The number of fused-ring (bicyclic) bond motifs is 3. The molecule has 1 fully saturated rings. The van der Waals surface area contributed by atoms with Gasteiger partial charge in [-0.1, -0.05) is 23.7 Å². The Balaban J connectivity index is 1.63. The van der Waals surface area contributed by atoms with E-state index in [4.69, 9.17) is 16.3 Å². The third-order valence-corrected chi connectivity index (χ3v) is 5.62. The van der Waals surface area contributed by atoms with Gasteiger partial charge in [0.15, 0.2) is 0 Å². The SMILES string of the molecule is O[C@H](CN1CCOCC1)Cn1c2c(c3cccc(Cl)c31)CCCC2. The fourth-order valence-electron chi connectivity index (χ4n) is 4.20. The molecule has 130 valence electrons. The summed E-state index contributed by atoms with van der Waals surface area (Å²) in [7, 11) is 0. The van der Waals surface area contributed by atoms with Gasteiger partial charge in [0.05, 0.1) is 36.4 Å². The number of benzene rings is 1. The van der Waals surface area contributed by atoms with Gasteiger partial charge in [-0.25, -0.2) is 0 Å². The summed E-state index contributed by atoms with van der Waals surface area (Å²) in [6.07, 6.45) is 4.29. The lowest BCUT2D eigenvalue weighted by atomic mass is 9.95. The van der Waals surface area contributed by atoms with Gasteiger partial charge in [-0.3, -0.25) is 4.90 Å². The third-order valence-electron chi connectivity index (χ3n) is 5.31. The molecule has 1 N–H and O–H groups in total. The van der Waals surface area contributed by atoms with Crippen LogP contribution in [0.2, 0.25) is 5.02 Å². The van der Waals surface area contributed by atoms with E-state index in [1.807, 2.05) is 12.1 Å². The van der Waals surface area contributed by atoms with Gasteiger partial charge in [0.25, 0.3) is 0 Å². The fraction of sp³-hybridized carbons (Fsp3) is 0.579. The number of aliphatic hydroxyl groups excluding tert-OH is 1. The van der Waals surface area contributed by atoms with Crippen molar-refractivity contribution in [3.8, 4) is 0 Å². The van der Waals surface area contributed by atoms with E-state index in [2.05, 4.69) is 15.5 Å². The van der Waals surface area contributed by atoms with Crippen molar-refractivity contribution < 1.29 is 9.84 Å². The van der Waals surface area contributed by atoms with Crippen molar-refractivity contribution in [1.29, 1.82) is 0 Å². The molecule has 1 atom stereocenters. The quantitative estimate of drug-likeness (QED) is 0.923. The van der Waals surface area contributed by atoms with E-state index in [1.165, 1.54) is 29.5 Å². The van der Waals surface area contributed by atoms with Gasteiger partial charge in [-0.2, -0.15) is 0 Å². The van der Waals surface area contributed by atoms with Crippen LogP contribution in [0.5, 0.6) is 0 Å². The average Bonchev–Trinajstić information content (AvgIpc) is 2.91. The molecule has 2 aliphatic rings. The van der Waals surface area contributed by atoms with Gasteiger partial charge in [0.1, 0.15) is 0 Å². The van der Waals surface area contributed by atoms with Crippen LogP contribution in [0.4, 0.5) is 0 Å². The van der Waals surface area contributed by atoms with E-state index in [9.17, 15) is 5.11 Å². The normalized spacial score (nSPS) is 20.2. The summed E-state index contributed by atoms with van der Waals surface area (Å²) >= 11 is 6.53. The van der Waals surface area contributed by atoms with E-state index in [-0.39, 0.29) is 6.10 Å². The summed E-state index contributed by atoms with van der Waals surface area (Å²) in [5.41, 5.74) is 3.93. The highest BCUT2D eigenvalue weighted by molar-refractivity contribution is 6.35. The van der Waals surface area contributed by atoms with Gasteiger partial charge < -0.3 is 14.4 Å². The van der Waals surface area contributed by atoms with Crippen LogP contribution in [0.1, 0.15) is 24.1 Å². The maximum absolute atomic E-state index is 10.7. The highest BCUT2D eigenvalue weighted by atomic mass is 35.5. The molecule has 4 nitrogen and oxygen atoms in total. The highest BCUT2D eigenvalue weighted by Gasteiger charge is 2.23. The summed E-state index contributed by atoms with van der Waals surface area (Å²) in [4.78, 5) is 2.29. The predicted octanol–water partition coefficient (Wildman–Crippen LogP) is 2.87. The molecule has 1 aliphatic carbocycles. The van der Waals surface area contributed by atoms with Gasteiger partial charge in [0, 0.05) is 30.7 Å². The van der Waals surface area contributed by atoms with Crippen LogP contribution in [0.15, 0.2) is 18.2 Å². The van der Waals surface area contributed by atoms with E-state index in [0.29, 0.717) is 13.1 Å². The molecule has 5 heteroatoms. The van der Waals surface area contributed by atoms with E-state index in [0.717, 1.165) is 49.7 Å². The van der Waals surface area contributed by atoms with Gasteiger partial charge in [-0.15, -0.1) is 0 Å². The van der Waals surface area contributed by atoms with Crippen LogP contribution < -0.4 is 0 Å². The maximum atomic E-state index is 10.7. The van der Waals surface area contributed by atoms with Crippen molar-refractivity contribution in [3.63, 3.8) is 0 Å². The molecule has 0 unspecified atom stereocenters. The molecule has 1 saturated heterocycles. The number of rotatable bonds is 4. The first kappa shape index (κ1) is 16.4. The second-order valence-corrected chi connectivity index (χ2v) is 7.35. The van der Waals surface area contributed by atoms with Crippen LogP contribution in [0.25, 0.3) is 10.9 Å². The fourth-order valence-corrected chi connectivity index (χ4v) is 4.47. The Morgan fingerprint density at radius 3 is 2.75 bits per heavy atom. The minimum Gasteiger partial charge on any atom is -0.390 e. The number of aliphatic hydroxyl groups is 1. The predicted molar refractivity (Wildman–Crippen MR) is 96.9 cm³/mol. The smallest absolute Gasteiger partial charge is 0.0845 e. The zero-order valence-corrected chi connectivity index (χ0v) is 14.8. The van der Waals surface area contributed by atoms with Gasteiger partial charge >= 0.3 is 0 Å². The van der Waals surface area contributed by atoms with Crippen molar-refractivity contribution in [1.82, 2.24) is 9.47 Å². The highest BCUT2D eigenvalue weighted by Crippen LogP contribution is 2.35. The molecule has 1 aromatic carbocycles. The zero-order valence-electron chi connectivity index (χ0n) is 14.0. The lowest BCUT2D eigenvalue weighted by Crippen LogP contribution is -2.42. The number of aromatic nitrogens is 1. The first-order valence-corrected chi connectivity index (χ1v) is 9.38. The van der Waals surface area contributed by atoms with Crippen molar-refractivity contribution in [3.05, 3.63) is 34.5 Å². The van der Waals surface area contributed by atoms with Crippen LogP contribution in [0.3, 0.4) is 0 Å². The monoisotopic (exact) mass is 348 g/mol. The van der Waals surface area contributed by atoms with Crippen molar-refractivity contribution >= 4 is 22.5 Å². The number of nitrogens with zero attached hydrogens (tertiary/aromatic N) is 2. The van der Waals surface area contributed by atoms with Crippen LogP contribution in [0, 0.1) is 0 Å². The Labute approximate surface area is 148 Å². The zero-order chi connectivity index (χ0) is 16.5. The molecule has 24 heavy (non-hydrogen) atoms. The molecule has 0 radical (unpaired) electrons. The third kappa shape index (κ3) is 3.08. The van der Waals surface area contributed by atoms with E-state index in [1.54, 1.807) is 0 Å². The van der Waals surface area contributed by atoms with Crippen LogP contribution in [-0.4, -0.2) is 53.5 Å². The minimum atomic E-state index is -0.388. The minimum absolute atomic E-state index is 0.388. The number of aryl methyl sites for hydroxylation is 1. The number of hydrogen-bond acceptors (Lipinski definition) is 3. The molecule has 2 heterocycles. The van der Waals surface area contributed by atoms with Crippen molar-refractivity contribution in [2.24, 2.45) is 0 Å². The summed E-state index contributed by atoms with van der Waals surface area (Å²) in [6.45, 7) is 4.65. The van der Waals surface area contributed by atoms with Crippen molar-refractivity contribution in [2.75, 3.05) is 32.8 Å². The number of hydrogen-bond donors (Lipinski definition) is 1. The first-order valence-electron chi connectivity index (χ1n) is 9.00. The Morgan fingerprint density at radius 2 is 1.92 bits per heavy atom. The Morgan fingerprint density at radius 1 is 1.12 bits per heavy atom. The largest absolute Gasteiger partial charge is 0.390 e. The molecule has 1 aliphatic heterocycles. The second kappa shape index (κ2) is 7.04. The standard InChI is InChI=1S/C19H25ClN2O2/c20-17-6-3-5-16-15-4-1-2-7-18(15)22(19(16)17)13-14(23)12-21-8-10-24-11-9-21/h3,5-6,14,23H,1-2,4,7-13H2/t14-/m1/s1. The Hall–Kier alpha value is -1.07. The summed E-state index contributed by atoms with van der Waals surface area (Å²) in [5.74, 6) is 0. The number of morpholine rings is 1. The Bertz CT molecular complexity index is 722. The molecule has 0 spiro atoms. The van der Waals surface area contributed by atoms with Crippen molar-refractivity contribution in [2.45, 2.75) is 38.3 Å². The maximum Gasteiger partial charge on any atom is 0.0845 e. The van der Waals surface area contributed by atoms with E-state index >= 15 is 0 Å². The second-order valence-electron chi connectivity index (χ2n) is 6.95. The summed E-state index contributed by atoms with van der Waals surface area (Å²) < 4.78 is 7.68. The van der Waals surface area contributed by atoms with Crippen LogP contribution in [-0.2, 0) is 24.1 Å². The molecular weight excluding hydrogens is 324 g/mol. The molecule has 0 amide bonds. The van der Waals surface area contributed by atoms with Crippen LogP contribution >= 0.6 is 11.6 Å². The number of ether oxygens (including phenoxy) is 1. The number of β-amino-alcohol motifs (C(OH)–C–C–N with tert-alkyl or cyclic N) is 1. The lowest BCUT2D eigenvalue weighted by molar-refractivity contribution is 0.0116. The molecule has 0 bridgehead atoms. The molecule has 4 rings (SSSR count). The molecule has 2 aromatic rings.